The molecule has 3 aromatic rings. The average molecular weight is 425 g/mol. The van der Waals surface area contributed by atoms with E-state index in [0.717, 1.165) is 29.0 Å². The summed E-state index contributed by atoms with van der Waals surface area (Å²) in [7, 11) is 0. The predicted molar refractivity (Wildman–Crippen MR) is 131 cm³/mol. The molecule has 0 bridgehead atoms. The van der Waals surface area contributed by atoms with E-state index < -0.39 is 0 Å². The van der Waals surface area contributed by atoms with E-state index in [1.54, 1.807) is 4.90 Å². The fourth-order valence-electron chi connectivity index (χ4n) is 3.65. The number of unbranched alkanes of at least 4 members (excludes halogenated alkanes) is 3. The molecule has 0 saturated heterocycles. The number of aliphatic imine (C=N–C) groups is 1. The van der Waals surface area contributed by atoms with E-state index in [1.807, 2.05) is 91.0 Å². The summed E-state index contributed by atoms with van der Waals surface area (Å²) in [5.74, 6) is 1.31. The molecule has 0 atom stereocenters. The van der Waals surface area contributed by atoms with Crippen LogP contribution in [-0.2, 0) is 4.79 Å². The number of rotatable bonds is 9. The van der Waals surface area contributed by atoms with Crippen molar-refractivity contribution in [2.45, 2.75) is 32.6 Å². The molecule has 1 aliphatic rings. The zero-order valence-corrected chi connectivity index (χ0v) is 18.4. The Labute approximate surface area is 189 Å². The van der Waals surface area contributed by atoms with E-state index >= 15 is 0 Å². The van der Waals surface area contributed by atoms with Crippen LogP contribution in [0.3, 0.4) is 0 Å². The van der Waals surface area contributed by atoms with Gasteiger partial charge in [-0.3, -0.25) is 9.69 Å². The van der Waals surface area contributed by atoms with Gasteiger partial charge in [-0.1, -0.05) is 86.8 Å². The lowest BCUT2D eigenvalue weighted by atomic mass is 10.1. The molecule has 0 fully saturated rings. The van der Waals surface area contributed by atoms with Crippen LogP contribution in [0, 0.1) is 0 Å². The van der Waals surface area contributed by atoms with Crippen LogP contribution in [0.2, 0.25) is 0 Å². The average Bonchev–Trinajstić information content (AvgIpc) is 3.16. The van der Waals surface area contributed by atoms with Gasteiger partial charge in [0, 0.05) is 5.56 Å². The molecule has 0 N–H and O–H groups in total. The zero-order valence-electron chi connectivity index (χ0n) is 18.4. The van der Waals surface area contributed by atoms with Gasteiger partial charge in [-0.05, 0) is 42.3 Å². The molecule has 4 rings (SSSR count). The Bertz CT molecular complexity index is 1090. The Morgan fingerprint density at radius 2 is 1.53 bits per heavy atom. The van der Waals surface area contributed by atoms with Gasteiger partial charge in [-0.2, -0.15) is 0 Å². The second-order valence-electron chi connectivity index (χ2n) is 7.79. The minimum atomic E-state index is -0.138. The zero-order chi connectivity index (χ0) is 22.2. The quantitative estimate of drug-likeness (QED) is 0.291. The summed E-state index contributed by atoms with van der Waals surface area (Å²) in [6.07, 6.45) is 6.52. The standard InChI is InChI=1S/C28H28N2O2/c1-2-3-4-11-20-32-25-18-16-24(17-19-25)30-27(23-14-9-6-10-15-23)29-26(28(30)31)21-22-12-7-5-8-13-22/h5-10,12-19,21H,2-4,11,20H2,1H3. The van der Waals surface area contributed by atoms with Gasteiger partial charge in [0.15, 0.2) is 0 Å². The molecule has 0 radical (unpaired) electrons. The highest BCUT2D eigenvalue weighted by Crippen LogP contribution is 2.29. The Hall–Kier alpha value is -3.66. The van der Waals surface area contributed by atoms with Gasteiger partial charge >= 0.3 is 0 Å². The van der Waals surface area contributed by atoms with Gasteiger partial charge < -0.3 is 4.74 Å². The Morgan fingerprint density at radius 1 is 0.844 bits per heavy atom. The second kappa shape index (κ2) is 10.6. The lowest BCUT2D eigenvalue weighted by Gasteiger charge is -2.19. The Balaban J connectivity index is 1.58. The first-order chi connectivity index (χ1) is 15.8. The van der Waals surface area contributed by atoms with E-state index in [1.165, 1.54) is 19.3 Å². The van der Waals surface area contributed by atoms with Crippen LogP contribution in [0.4, 0.5) is 5.69 Å². The summed E-state index contributed by atoms with van der Waals surface area (Å²) in [4.78, 5) is 19.8. The highest BCUT2D eigenvalue weighted by molar-refractivity contribution is 6.33. The van der Waals surface area contributed by atoms with Gasteiger partial charge in [0.1, 0.15) is 17.3 Å². The van der Waals surface area contributed by atoms with Gasteiger partial charge in [-0.25, -0.2) is 4.99 Å². The third kappa shape index (κ3) is 5.14. The van der Waals surface area contributed by atoms with E-state index in [9.17, 15) is 4.79 Å². The van der Waals surface area contributed by atoms with Crippen LogP contribution in [0.25, 0.3) is 6.08 Å². The van der Waals surface area contributed by atoms with E-state index in [4.69, 9.17) is 9.73 Å². The summed E-state index contributed by atoms with van der Waals surface area (Å²) in [6, 6.07) is 27.3. The molecule has 1 aliphatic heterocycles. The summed E-state index contributed by atoms with van der Waals surface area (Å²) >= 11 is 0. The van der Waals surface area contributed by atoms with Gasteiger partial charge in [-0.15, -0.1) is 0 Å². The maximum atomic E-state index is 13.4. The molecule has 0 spiro atoms. The molecule has 1 heterocycles. The summed E-state index contributed by atoms with van der Waals surface area (Å²) in [5.41, 5.74) is 3.04. The summed E-state index contributed by atoms with van der Waals surface area (Å²) in [6.45, 7) is 2.91. The minimum absolute atomic E-state index is 0.138. The first kappa shape index (κ1) is 21.6. The third-order valence-electron chi connectivity index (χ3n) is 5.36. The van der Waals surface area contributed by atoms with Crippen LogP contribution >= 0.6 is 0 Å². The number of hydrogen-bond donors (Lipinski definition) is 0. The molecule has 0 aliphatic carbocycles. The Morgan fingerprint density at radius 3 is 2.22 bits per heavy atom. The first-order valence-electron chi connectivity index (χ1n) is 11.2. The number of benzene rings is 3. The first-order valence-corrected chi connectivity index (χ1v) is 11.2. The number of hydrogen-bond acceptors (Lipinski definition) is 3. The van der Waals surface area contributed by atoms with E-state index in [2.05, 4.69) is 6.92 Å². The van der Waals surface area contributed by atoms with Gasteiger partial charge in [0.05, 0.1) is 12.3 Å². The molecule has 0 saturated carbocycles. The predicted octanol–water partition coefficient (Wildman–Crippen LogP) is 6.48. The lowest BCUT2D eigenvalue weighted by molar-refractivity contribution is -0.113. The number of carbonyl (C=O) groups excluding carboxylic acids is 1. The van der Waals surface area contributed by atoms with Crippen molar-refractivity contribution < 1.29 is 9.53 Å². The Kier molecular flexibility index (Phi) is 7.13. The van der Waals surface area contributed by atoms with Gasteiger partial charge in [0.2, 0.25) is 0 Å². The number of ether oxygens (including phenoxy) is 1. The van der Waals surface area contributed by atoms with Crippen LogP contribution in [0.1, 0.15) is 43.7 Å². The minimum Gasteiger partial charge on any atom is -0.494 e. The summed E-state index contributed by atoms with van der Waals surface area (Å²) in [5, 5.41) is 0. The van der Waals surface area contributed by atoms with Crippen molar-refractivity contribution in [1.82, 2.24) is 0 Å². The highest BCUT2D eigenvalue weighted by Gasteiger charge is 2.32. The molecular formula is C28H28N2O2. The van der Waals surface area contributed by atoms with Crippen molar-refractivity contribution in [3.63, 3.8) is 0 Å². The molecular weight excluding hydrogens is 396 g/mol. The second-order valence-corrected chi connectivity index (χ2v) is 7.79. The fraction of sp³-hybridized carbons (Fsp3) is 0.214. The molecule has 0 aromatic heterocycles. The fourth-order valence-corrected chi connectivity index (χ4v) is 3.65. The number of amidine groups is 1. The van der Waals surface area contributed by atoms with Crippen LogP contribution in [0.5, 0.6) is 5.75 Å². The normalized spacial score (nSPS) is 14.7. The van der Waals surface area contributed by atoms with Crippen LogP contribution in [-0.4, -0.2) is 18.3 Å². The lowest BCUT2D eigenvalue weighted by Crippen LogP contribution is -2.32. The van der Waals surface area contributed by atoms with Crippen molar-refractivity contribution in [3.8, 4) is 5.75 Å². The van der Waals surface area contributed by atoms with E-state index in [0.29, 0.717) is 18.1 Å². The molecule has 0 unspecified atom stereocenters. The summed E-state index contributed by atoms with van der Waals surface area (Å²) < 4.78 is 5.86. The van der Waals surface area contributed by atoms with Crippen molar-refractivity contribution in [2.24, 2.45) is 4.99 Å². The maximum Gasteiger partial charge on any atom is 0.282 e. The molecule has 162 valence electrons. The third-order valence-corrected chi connectivity index (χ3v) is 5.36. The topological polar surface area (TPSA) is 41.9 Å². The molecule has 3 aromatic carbocycles. The molecule has 1 amide bonds. The SMILES string of the molecule is CCCCCCOc1ccc(N2C(=O)C(=Cc3ccccc3)N=C2c2ccccc2)cc1. The number of amides is 1. The highest BCUT2D eigenvalue weighted by atomic mass is 16.5. The van der Waals surface area contributed by atoms with Gasteiger partial charge in [0.25, 0.3) is 5.91 Å². The molecule has 4 heteroatoms. The monoisotopic (exact) mass is 424 g/mol. The van der Waals surface area contributed by atoms with Crippen LogP contribution in [0.15, 0.2) is 95.6 Å². The smallest absolute Gasteiger partial charge is 0.282 e. The van der Waals surface area contributed by atoms with E-state index in [-0.39, 0.29) is 5.91 Å². The maximum absolute atomic E-state index is 13.4. The number of nitrogens with zero attached hydrogens (tertiary/aromatic N) is 2. The largest absolute Gasteiger partial charge is 0.494 e. The number of carbonyl (C=O) groups is 1. The molecule has 4 nitrogen and oxygen atoms in total. The van der Waals surface area contributed by atoms with Crippen molar-refractivity contribution in [2.75, 3.05) is 11.5 Å². The number of anilines is 1. The van der Waals surface area contributed by atoms with Crippen molar-refractivity contribution in [3.05, 3.63) is 102 Å². The van der Waals surface area contributed by atoms with Crippen LogP contribution < -0.4 is 9.64 Å². The molecule has 32 heavy (non-hydrogen) atoms. The van der Waals surface area contributed by atoms with Crippen molar-refractivity contribution >= 4 is 23.5 Å². The van der Waals surface area contributed by atoms with Crippen molar-refractivity contribution in [1.29, 1.82) is 0 Å².